The molecule has 0 spiro atoms. The van der Waals surface area contributed by atoms with Gasteiger partial charge in [0.15, 0.2) is 0 Å². The van der Waals surface area contributed by atoms with Crippen molar-refractivity contribution in [3.8, 4) is 0 Å². The lowest BCUT2D eigenvalue weighted by atomic mass is 10.2. The highest BCUT2D eigenvalue weighted by Gasteiger charge is 2.07. The Labute approximate surface area is 129 Å². The third kappa shape index (κ3) is 7.78. The van der Waals surface area contributed by atoms with E-state index in [9.17, 15) is 0 Å². The second kappa shape index (κ2) is 11.5. The number of nitrogens with one attached hydrogen (secondary N) is 1. The van der Waals surface area contributed by atoms with E-state index in [0.29, 0.717) is 0 Å². The number of benzene rings is 1. The average molecular weight is 305 g/mol. The van der Waals surface area contributed by atoms with E-state index in [4.69, 9.17) is 0 Å². The molecule has 1 fully saturated rings. The fourth-order valence-electron chi connectivity index (χ4n) is 2.43. The largest absolute Gasteiger partial charge is 0.311 e. The third-order valence-electron chi connectivity index (χ3n) is 3.48. The number of halogens is 2. The van der Waals surface area contributed by atoms with Gasteiger partial charge in [-0.2, -0.15) is 0 Å². The maximum absolute atomic E-state index is 3.53. The van der Waals surface area contributed by atoms with Crippen LogP contribution in [0.5, 0.6) is 0 Å². The average Bonchev–Trinajstić information content (AvgIpc) is 2.65. The quantitative estimate of drug-likeness (QED) is 0.838. The van der Waals surface area contributed by atoms with Crippen molar-refractivity contribution in [2.24, 2.45) is 0 Å². The Morgan fingerprint density at radius 3 is 2.16 bits per heavy atom. The van der Waals surface area contributed by atoms with Crippen LogP contribution in [0.4, 0.5) is 0 Å². The van der Waals surface area contributed by atoms with Gasteiger partial charge >= 0.3 is 0 Å². The van der Waals surface area contributed by atoms with Crippen molar-refractivity contribution in [3.05, 3.63) is 35.9 Å². The zero-order valence-electron chi connectivity index (χ0n) is 11.5. The SMILES string of the molecule is Cl.Cl.c1ccc(CNCCN2CCCCCC2)cc1. The van der Waals surface area contributed by atoms with Crippen molar-refractivity contribution in [3.63, 3.8) is 0 Å². The molecule has 2 rings (SSSR count). The fourth-order valence-corrected chi connectivity index (χ4v) is 2.43. The van der Waals surface area contributed by atoms with Gasteiger partial charge in [-0.15, -0.1) is 24.8 Å². The van der Waals surface area contributed by atoms with Gasteiger partial charge in [0.05, 0.1) is 0 Å². The van der Waals surface area contributed by atoms with Crippen LogP contribution >= 0.6 is 24.8 Å². The number of likely N-dealkylation sites (tertiary alicyclic amines) is 1. The van der Waals surface area contributed by atoms with E-state index in [1.54, 1.807) is 0 Å². The Balaban J connectivity index is 0.00000162. The van der Waals surface area contributed by atoms with Crippen molar-refractivity contribution < 1.29 is 0 Å². The van der Waals surface area contributed by atoms with Crippen molar-refractivity contribution in [2.75, 3.05) is 26.2 Å². The van der Waals surface area contributed by atoms with Crippen molar-refractivity contribution in [1.82, 2.24) is 10.2 Å². The Bertz CT molecular complexity index is 298. The van der Waals surface area contributed by atoms with Crippen molar-refractivity contribution in [2.45, 2.75) is 32.2 Å². The summed E-state index contributed by atoms with van der Waals surface area (Å²) in [5.41, 5.74) is 1.38. The summed E-state index contributed by atoms with van der Waals surface area (Å²) >= 11 is 0. The van der Waals surface area contributed by atoms with E-state index in [1.807, 2.05) is 0 Å². The molecular formula is C15H26Cl2N2. The smallest absolute Gasteiger partial charge is 0.0206 e. The van der Waals surface area contributed by atoms with Gasteiger partial charge in [0.25, 0.3) is 0 Å². The Kier molecular flexibility index (Phi) is 11.4. The monoisotopic (exact) mass is 304 g/mol. The molecule has 0 aromatic heterocycles. The van der Waals surface area contributed by atoms with Gasteiger partial charge in [0.1, 0.15) is 0 Å². The minimum Gasteiger partial charge on any atom is -0.311 e. The highest BCUT2D eigenvalue weighted by Crippen LogP contribution is 2.08. The zero-order valence-corrected chi connectivity index (χ0v) is 13.1. The van der Waals surface area contributed by atoms with Crippen molar-refractivity contribution in [1.29, 1.82) is 0 Å². The first-order chi connectivity index (χ1) is 8.45. The van der Waals surface area contributed by atoms with Gasteiger partial charge in [-0.3, -0.25) is 0 Å². The lowest BCUT2D eigenvalue weighted by Crippen LogP contribution is -2.32. The molecule has 19 heavy (non-hydrogen) atoms. The summed E-state index contributed by atoms with van der Waals surface area (Å²) in [5, 5.41) is 3.53. The van der Waals surface area contributed by atoms with E-state index >= 15 is 0 Å². The normalized spacial score (nSPS) is 16.0. The maximum Gasteiger partial charge on any atom is 0.0206 e. The van der Waals surface area contributed by atoms with Crippen molar-refractivity contribution >= 4 is 24.8 Å². The second-order valence-electron chi connectivity index (χ2n) is 4.92. The lowest BCUT2D eigenvalue weighted by Gasteiger charge is -2.19. The summed E-state index contributed by atoms with van der Waals surface area (Å²) in [6, 6.07) is 10.6. The molecule has 1 N–H and O–H groups in total. The molecule has 1 aliphatic heterocycles. The van der Waals surface area contributed by atoms with Gasteiger partial charge in [0, 0.05) is 19.6 Å². The standard InChI is InChI=1S/C15H24N2.2ClH/c1-2-7-12-17(11-6-1)13-10-16-14-15-8-4-3-5-9-15;;/h3-5,8-9,16H,1-2,6-7,10-14H2;2*1H. The van der Waals surface area contributed by atoms with E-state index < -0.39 is 0 Å². The van der Waals surface area contributed by atoms with Crippen LogP contribution < -0.4 is 5.32 Å². The van der Waals surface area contributed by atoms with E-state index in [0.717, 1.165) is 13.1 Å². The molecule has 2 nitrogen and oxygen atoms in total. The van der Waals surface area contributed by atoms with Crippen LogP contribution in [-0.4, -0.2) is 31.1 Å². The van der Waals surface area contributed by atoms with Crippen LogP contribution in [0.1, 0.15) is 31.2 Å². The summed E-state index contributed by atoms with van der Waals surface area (Å²) in [6.07, 6.45) is 5.62. The molecule has 4 heteroatoms. The van der Waals surface area contributed by atoms with Gasteiger partial charge in [-0.1, -0.05) is 43.2 Å². The molecule has 1 aromatic rings. The molecule has 0 saturated carbocycles. The predicted molar refractivity (Wildman–Crippen MR) is 87.6 cm³/mol. The van der Waals surface area contributed by atoms with Gasteiger partial charge < -0.3 is 10.2 Å². The number of hydrogen-bond acceptors (Lipinski definition) is 2. The van der Waals surface area contributed by atoms with Crippen LogP contribution in [0, 0.1) is 0 Å². The second-order valence-corrected chi connectivity index (χ2v) is 4.92. The highest BCUT2D eigenvalue weighted by atomic mass is 35.5. The molecule has 0 radical (unpaired) electrons. The molecule has 0 unspecified atom stereocenters. The first kappa shape index (κ1) is 18.7. The number of nitrogens with zero attached hydrogens (tertiary/aromatic N) is 1. The number of rotatable bonds is 5. The summed E-state index contributed by atoms with van der Waals surface area (Å²) in [4.78, 5) is 2.60. The van der Waals surface area contributed by atoms with Gasteiger partial charge in [-0.05, 0) is 31.5 Å². The molecule has 0 bridgehead atoms. The lowest BCUT2D eigenvalue weighted by molar-refractivity contribution is 0.284. The fraction of sp³-hybridized carbons (Fsp3) is 0.600. The molecule has 1 saturated heterocycles. The Morgan fingerprint density at radius 2 is 1.53 bits per heavy atom. The molecule has 0 aliphatic carbocycles. The third-order valence-corrected chi connectivity index (χ3v) is 3.48. The van der Waals surface area contributed by atoms with Gasteiger partial charge in [0.2, 0.25) is 0 Å². The maximum atomic E-state index is 3.53. The Hall–Kier alpha value is -0.280. The predicted octanol–water partition coefficient (Wildman–Crippen LogP) is 3.50. The van der Waals surface area contributed by atoms with Crippen LogP contribution in [0.15, 0.2) is 30.3 Å². The van der Waals surface area contributed by atoms with Gasteiger partial charge in [-0.25, -0.2) is 0 Å². The summed E-state index contributed by atoms with van der Waals surface area (Å²) < 4.78 is 0. The molecule has 1 aliphatic rings. The zero-order chi connectivity index (χ0) is 11.8. The highest BCUT2D eigenvalue weighted by molar-refractivity contribution is 5.85. The van der Waals surface area contributed by atoms with E-state index in [-0.39, 0.29) is 24.8 Å². The molecule has 0 atom stereocenters. The Morgan fingerprint density at radius 1 is 0.895 bits per heavy atom. The van der Waals surface area contributed by atoms with Crippen LogP contribution in [0.3, 0.4) is 0 Å². The van der Waals surface area contributed by atoms with Crippen LogP contribution in [-0.2, 0) is 6.54 Å². The van der Waals surface area contributed by atoms with Crippen LogP contribution in [0.25, 0.3) is 0 Å². The van der Waals surface area contributed by atoms with Crippen LogP contribution in [0.2, 0.25) is 0 Å². The summed E-state index contributed by atoms with van der Waals surface area (Å²) in [7, 11) is 0. The number of hydrogen-bond donors (Lipinski definition) is 1. The molecule has 0 amide bonds. The summed E-state index contributed by atoms with van der Waals surface area (Å²) in [6.45, 7) is 5.90. The first-order valence-corrected chi connectivity index (χ1v) is 6.92. The topological polar surface area (TPSA) is 15.3 Å². The summed E-state index contributed by atoms with van der Waals surface area (Å²) in [5.74, 6) is 0. The molecule has 1 heterocycles. The molecule has 1 aromatic carbocycles. The first-order valence-electron chi connectivity index (χ1n) is 6.92. The minimum atomic E-state index is 0. The minimum absolute atomic E-state index is 0. The molecular weight excluding hydrogens is 279 g/mol. The van der Waals surface area contributed by atoms with E-state index in [2.05, 4.69) is 40.5 Å². The van der Waals surface area contributed by atoms with E-state index in [1.165, 1.54) is 50.9 Å². The molecule has 110 valence electrons.